The van der Waals surface area contributed by atoms with Gasteiger partial charge in [0, 0.05) is 84.8 Å². The van der Waals surface area contributed by atoms with Crippen LogP contribution in [0.4, 0.5) is 17.1 Å². The maximum absolute atomic E-state index is 7.07. The standard InChI is InChI=1S/C53H39BN2OS2/c1-28-25-36-37(53(4,5)24-23-52(36,2)3)27-39(28)55-38-22-21-31-29-13-7-10-19-42(29)59-50(31)47(38)54-46-40(55)26-35-30-14-8-11-20-43(30)58-49(35)45(46)34-17-12-16-33-44-32-15-6-9-18-41(32)57-51(44)56(54)48(33)34/h6-22,25-27H,23-24H2,1-5H3. The van der Waals surface area contributed by atoms with Crippen molar-refractivity contribution in [3.63, 3.8) is 0 Å². The number of furan rings is 1. The van der Waals surface area contributed by atoms with Crippen LogP contribution in [0.5, 0.6) is 0 Å². The summed E-state index contributed by atoms with van der Waals surface area (Å²) in [6, 6.07) is 46.1. The number of aromatic nitrogens is 1. The number of fused-ring (bicyclic) bond motifs is 18. The van der Waals surface area contributed by atoms with Gasteiger partial charge in [0.2, 0.25) is 0 Å². The molecule has 6 heteroatoms. The van der Waals surface area contributed by atoms with E-state index in [1.165, 1.54) is 131 Å². The van der Waals surface area contributed by atoms with Crippen LogP contribution in [0.15, 0.2) is 126 Å². The summed E-state index contributed by atoms with van der Waals surface area (Å²) < 4.78 is 15.1. The highest BCUT2D eigenvalue weighted by atomic mass is 32.1. The van der Waals surface area contributed by atoms with E-state index in [0.29, 0.717) is 0 Å². The van der Waals surface area contributed by atoms with Crippen LogP contribution in [0.1, 0.15) is 57.2 Å². The molecule has 7 aromatic carbocycles. The fourth-order valence-electron chi connectivity index (χ4n) is 11.6. The lowest BCUT2D eigenvalue weighted by Gasteiger charge is -2.44. The highest BCUT2D eigenvalue weighted by Crippen LogP contribution is 2.54. The first-order valence-electron chi connectivity index (χ1n) is 21.0. The topological polar surface area (TPSA) is 21.3 Å². The summed E-state index contributed by atoms with van der Waals surface area (Å²) in [6.45, 7) is 12.0. The van der Waals surface area contributed by atoms with Crippen molar-refractivity contribution in [3.05, 3.63) is 138 Å². The molecule has 1 aliphatic carbocycles. The zero-order chi connectivity index (χ0) is 39.3. The number of thiophene rings is 2. The Morgan fingerprint density at radius 2 is 1.24 bits per heavy atom. The number of anilines is 3. The van der Waals surface area contributed by atoms with E-state index in [1.807, 2.05) is 22.7 Å². The van der Waals surface area contributed by atoms with Gasteiger partial charge in [-0.3, -0.25) is 0 Å². The Bertz CT molecular complexity index is 3720. The second kappa shape index (κ2) is 10.9. The van der Waals surface area contributed by atoms with Crippen LogP contribution in [-0.4, -0.2) is 11.3 Å². The number of para-hydroxylation sites is 2. The van der Waals surface area contributed by atoms with Crippen molar-refractivity contribution >= 4 is 131 Å². The molecule has 0 atom stereocenters. The van der Waals surface area contributed by atoms with E-state index in [-0.39, 0.29) is 17.7 Å². The third kappa shape index (κ3) is 4.00. The van der Waals surface area contributed by atoms with Crippen LogP contribution >= 0.6 is 22.7 Å². The van der Waals surface area contributed by atoms with Crippen molar-refractivity contribution in [2.75, 3.05) is 4.90 Å². The van der Waals surface area contributed by atoms with E-state index in [1.54, 1.807) is 0 Å². The summed E-state index contributed by atoms with van der Waals surface area (Å²) in [5.41, 5.74) is 16.9. The minimum atomic E-state index is -0.110. The molecule has 14 rings (SSSR count). The summed E-state index contributed by atoms with van der Waals surface area (Å²) in [5, 5.41) is 8.95. The lowest BCUT2D eigenvalue weighted by molar-refractivity contribution is 0.332. The first-order chi connectivity index (χ1) is 28.7. The van der Waals surface area contributed by atoms with Crippen LogP contribution in [0.25, 0.3) is 84.4 Å². The van der Waals surface area contributed by atoms with Gasteiger partial charge in [0.25, 0.3) is 0 Å². The number of aryl methyl sites for hydroxylation is 1. The molecular formula is C53H39BN2OS2. The highest BCUT2D eigenvalue weighted by molar-refractivity contribution is 7.28. The smallest absolute Gasteiger partial charge is 0.337 e. The monoisotopic (exact) mass is 794 g/mol. The fourth-order valence-corrected chi connectivity index (χ4v) is 14.1. The lowest BCUT2D eigenvalue weighted by atomic mass is 9.45. The predicted molar refractivity (Wildman–Crippen MR) is 256 cm³/mol. The quantitative estimate of drug-likeness (QED) is 0.154. The summed E-state index contributed by atoms with van der Waals surface area (Å²) >= 11 is 3.90. The molecule has 0 saturated heterocycles. The van der Waals surface area contributed by atoms with Gasteiger partial charge in [0.15, 0.2) is 5.71 Å². The lowest BCUT2D eigenvalue weighted by Crippen LogP contribution is -2.56. The molecule has 0 spiro atoms. The highest BCUT2D eigenvalue weighted by Gasteiger charge is 2.47. The second-order valence-electron chi connectivity index (χ2n) is 18.7. The van der Waals surface area contributed by atoms with Crippen molar-refractivity contribution in [3.8, 4) is 11.1 Å². The summed E-state index contributed by atoms with van der Waals surface area (Å²) in [7, 11) is 0. The van der Waals surface area contributed by atoms with E-state index in [9.17, 15) is 0 Å². The van der Waals surface area contributed by atoms with Gasteiger partial charge in [0.05, 0.1) is 5.39 Å². The van der Waals surface area contributed by atoms with Crippen molar-refractivity contribution in [1.29, 1.82) is 0 Å². The SMILES string of the molecule is Cc1cc2c(cc1N1c3cc4c(sc5ccccc54)c4c3B(c3c1ccc1c3sc3ccccc31)n1c3oc5ccccc5c3c3cccc-4c31)C(C)(C)CCC2(C)C. The Morgan fingerprint density at radius 1 is 0.576 bits per heavy atom. The van der Waals surface area contributed by atoms with Crippen molar-refractivity contribution < 1.29 is 4.42 Å². The molecule has 2 aliphatic heterocycles. The van der Waals surface area contributed by atoms with Gasteiger partial charge in [0.1, 0.15) is 5.58 Å². The molecule has 282 valence electrons. The fraction of sp³-hybridized carbons (Fsp3) is 0.170. The second-order valence-corrected chi connectivity index (χ2v) is 20.8. The molecule has 4 aromatic heterocycles. The molecule has 0 amide bonds. The Hall–Kier alpha value is -5.82. The van der Waals surface area contributed by atoms with Crippen LogP contribution < -0.4 is 15.8 Å². The van der Waals surface area contributed by atoms with Gasteiger partial charge in [-0.25, -0.2) is 0 Å². The van der Waals surface area contributed by atoms with Crippen molar-refractivity contribution in [1.82, 2.24) is 4.48 Å². The molecule has 3 nitrogen and oxygen atoms in total. The first kappa shape index (κ1) is 33.1. The molecule has 59 heavy (non-hydrogen) atoms. The number of hydrogen-bond acceptors (Lipinski definition) is 4. The Balaban J connectivity index is 1.22. The van der Waals surface area contributed by atoms with E-state index in [0.717, 1.165) is 11.3 Å². The average molecular weight is 795 g/mol. The third-order valence-electron chi connectivity index (χ3n) is 14.6. The average Bonchev–Trinajstić information content (AvgIpc) is 4.00. The van der Waals surface area contributed by atoms with Crippen LogP contribution in [0.3, 0.4) is 0 Å². The van der Waals surface area contributed by atoms with Gasteiger partial charge < -0.3 is 13.8 Å². The normalized spacial score (nSPS) is 16.3. The number of hydrogen-bond donors (Lipinski definition) is 0. The van der Waals surface area contributed by atoms with E-state index < -0.39 is 0 Å². The molecule has 0 unspecified atom stereocenters. The van der Waals surface area contributed by atoms with Crippen LogP contribution in [0, 0.1) is 6.92 Å². The maximum Gasteiger partial charge on any atom is 0.337 e. The minimum absolute atomic E-state index is 0.0689. The zero-order valence-electron chi connectivity index (χ0n) is 33.7. The van der Waals surface area contributed by atoms with Crippen LogP contribution in [0.2, 0.25) is 0 Å². The number of benzene rings is 7. The molecule has 3 aliphatic rings. The van der Waals surface area contributed by atoms with Gasteiger partial charge in [-0.05, 0) is 94.6 Å². The van der Waals surface area contributed by atoms with Gasteiger partial charge in [-0.15, -0.1) is 22.7 Å². The first-order valence-corrected chi connectivity index (χ1v) is 22.6. The largest absolute Gasteiger partial charge is 0.441 e. The summed E-state index contributed by atoms with van der Waals surface area (Å²) in [6.07, 6.45) is 2.37. The molecule has 0 saturated carbocycles. The number of rotatable bonds is 1. The minimum Gasteiger partial charge on any atom is -0.441 e. The Morgan fingerprint density at radius 3 is 2.02 bits per heavy atom. The zero-order valence-corrected chi connectivity index (χ0v) is 35.3. The van der Waals surface area contributed by atoms with E-state index in [2.05, 4.69) is 165 Å². The molecule has 11 aromatic rings. The molecule has 0 bridgehead atoms. The summed E-state index contributed by atoms with van der Waals surface area (Å²) in [4.78, 5) is 2.68. The molecule has 6 heterocycles. The molecule has 0 N–H and O–H groups in total. The van der Waals surface area contributed by atoms with Gasteiger partial charge >= 0.3 is 6.85 Å². The van der Waals surface area contributed by atoms with E-state index >= 15 is 0 Å². The molecule has 0 fully saturated rings. The van der Waals surface area contributed by atoms with Gasteiger partial charge in [-0.1, -0.05) is 113 Å². The third-order valence-corrected chi connectivity index (χ3v) is 17.0. The predicted octanol–water partition coefficient (Wildman–Crippen LogP) is 14.4. The van der Waals surface area contributed by atoms with Gasteiger partial charge in [-0.2, -0.15) is 0 Å². The number of nitrogens with zero attached hydrogens (tertiary/aromatic N) is 2. The maximum atomic E-state index is 7.07. The summed E-state index contributed by atoms with van der Waals surface area (Å²) in [5.74, 6) is 0. The van der Waals surface area contributed by atoms with Crippen molar-refractivity contribution in [2.45, 2.75) is 58.3 Å². The van der Waals surface area contributed by atoms with E-state index in [4.69, 9.17) is 4.42 Å². The van der Waals surface area contributed by atoms with Crippen molar-refractivity contribution in [2.24, 2.45) is 0 Å². The molecular weight excluding hydrogens is 756 g/mol. The Labute approximate surface area is 350 Å². The van der Waals surface area contributed by atoms with Crippen LogP contribution in [-0.2, 0) is 10.8 Å². The molecule has 0 radical (unpaired) electrons. The Kier molecular flexibility index (Phi) is 6.09.